The molecule has 1 aromatic carbocycles. The second kappa shape index (κ2) is 12.4. The number of alkyl halides is 6. The van der Waals surface area contributed by atoms with Gasteiger partial charge in [-0.2, -0.15) is 31.4 Å². The normalized spacial score (nSPS) is 13.9. The van der Waals surface area contributed by atoms with Crippen LogP contribution in [-0.4, -0.2) is 60.5 Å². The molecule has 2 heterocycles. The highest BCUT2D eigenvalue weighted by molar-refractivity contribution is 7.99. The van der Waals surface area contributed by atoms with Crippen LogP contribution in [0.5, 0.6) is 0 Å². The first-order chi connectivity index (χ1) is 19.7. The van der Waals surface area contributed by atoms with Crippen LogP contribution in [0.25, 0.3) is 5.82 Å². The number of hydrogen-bond acceptors (Lipinski definition) is 6. The molecule has 3 rings (SSSR count). The van der Waals surface area contributed by atoms with Gasteiger partial charge < -0.3 is 10.6 Å². The van der Waals surface area contributed by atoms with Crippen molar-refractivity contribution in [3.8, 4) is 5.82 Å². The van der Waals surface area contributed by atoms with Crippen molar-refractivity contribution in [1.29, 1.82) is 0 Å². The number of nitrogens with zero attached hydrogens (tertiary/aromatic N) is 3. The van der Waals surface area contributed by atoms with E-state index in [4.69, 9.17) is 23.2 Å². The minimum atomic E-state index is -5.30. The van der Waals surface area contributed by atoms with Crippen LogP contribution in [0.4, 0.5) is 32.0 Å². The molecule has 0 saturated carbocycles. The molecule has 2 aromatic heterocycles. The van der Waals surface area contributed by atoms with Gasteiger partial charge in [-0.05, 0) is 43.7 Å². The molecule has 19 heteroatoms. The summed E-state index contributed by atoms with van der Waals surface area (Å²) in [5, 5.41) is 8.77. The second-order valence-corrected chi connectivity index (χ2v) is 12.1. The van der Waals surface area contributed by atoms with Gasteiger partial charge in [0.05, 0.1) is 22.3 Å². The molecular weight excluding hydrogens is 653 g/mol. The number of carbonyl (C=O) groups excluding carboxylic acids is 3. The van der Waals surface area contributed by atoms with Gasteiger partial charge in [0.1, 0.15) is 5.69 Å². The smallest absolute Gasteiger partial charge is 0.345 e. The molecule has 0 aliphatic heterocycles. The first-order valence-corrected chi connectivity index (χ1v) is 14.4. The number of aromatic nitrogens is 3. The third kappa shape index (κ3) is 8.39. The first kappa shape index (κ1) is 33.7. The van der Waals surface area contributed by atoms with E-state index < -0.39 is 57.2 Å². The fourth-order valence-electron chi connectivity index (χ4n) is 3.63. The maximum absolute atomic E-state index is 13.5. The van der Waals surface area contributed by atoms with E-state index in [1.807, 2.05) is 0 Å². The van der Waals surface area contributed by atoms with Gasteiger partial charge in [0.15, 0.2) is 11.5 Å². The lowest BCUT2D eigenvalue weighted by Gasteiger charge is -2.18. The fourth-order valence-corrected chi connectivity index (χ4v) is 5.50. The number of nitrogens with one attached hydrogen (secondary N) is 3. The Kier molecular flexibility index (Phi) is 9.72. The van der Waals surface area contributed by atoms with E-state index in [0.29, 0.717) is 10.7 Å². The molecule has 0 bridgehead atoms. The molecule has 2 atom stereocenters. The third-order valence-corrected chi connectivity index (χ3v) is 7.36. The lowest BCUT2D eigenvalue weighted by Crippen LogP contribution is -2.43. The SMILES string of the molecule is Cc1cc(Cl)cc(C(=O)NC(C)C=S(C)(=O)NC(=O)C(F)(F)F)c1NC(=O)c1cc(C(F)(F)F)nn1-c1ncccc1Cl. The lowest BCUT2D eigenvalue weighted by atomic mass is 10.1. The molecule has 3 amide bonds. The lowest BCUT2D eigenvalue weighted by molar-refractivity contribution is -0.171. The Labute approximate surface area is 249 Å². The van der Waals surface area contributed by atoms with Crippen LogP contribution < -0.4 is 15.4 Å². The number of anilines is 1. The number of aryl methyl sites for hydroxylation is 1. The van der Waals surface area contributed by atoms with Crippen LogP contribution in [-0.2, 0) is 20.7 Å². The zero-order valence-electron chi connectivity index (χ0n) is 22.0. The Morgan fingerprint density at radius 2 is 1.72 bits per heavy atom. The van der Waals surface area contributed by atoms with E-state index >= 15 is 0 Å². The van der Waals surface area contributed by atoms with Gasteiger partial charge in [-0.15, -0.1) is 0 Å². The summed E-state index contributed by atoms with van der Waals surface area (Å²) in [5.41, 5.74) is -2.40. The van der Waals surface area contributed by atoms with Crippen molar-refractivity contribution in [2.45, 2.75) is 32.2 Å². The summed E-state index contributed by atoms with van der Waals surface area (Å²) in [6.45, 7) is 2.66. The monoisotopic (exact) mass is 672 g/mol. The van der Waals surface area contributed by atoms with Crippen LogP contribution in [0.2, 0.25) is 10.0 Å². The van der Waals surface area contributed by atoms with E-state index in [-0.39, 0.29) is 32.7 Å². The summed E-state index contributed by atoms with van der Waals surface area (Å²) in [6.07, 6.45) is -8.23. The molecule has 0 aliphatic carbocycles. The van der Waals surface area contributed by atoms with Crippen LogP contribution in [0, 0.1) is 6.92 Å². The van der Waals surface area contributed by atoms with E-state index in [1.54, 1.807) is 0 Å². The van der Waals surface area contributed by atoms with Gasteiger partial charge >= 0.3 is 18.3 Å². The van der Waals surface area contributed by atoms with Gasteiger partial charge in [-0.3, -0.25) is 19.1 Å². The molecule has 3 aromatic rings. The van der Waals surface area contributed by atoms with Gasteiger partial charge in [0, 0.05) is 38.6 Å². The minimum absolute atomic E-state index is 0.0127. The Balaban J connectivity index is 1.98. The average molecular weight is 673 g/mol. The highest BCUT2D eigenvalue weighted by Gasteiger charge is 2.40. The molecular formula is C24H20Cl2F6N6O4S. The Morgan fingerprint density at radius 3 is 2.30 bits per heavy atom. The topological polar surface area (TPSA) is 135 Å². The number of hydrogen-bond donors (Lipinski definition) is 3. The van der Waals surface area contributed by atoms with Gasteiger partial charge in [0.2, 0.25) is 0 Å². The summed E-state index contributed by atoms with van der Waals surface area (Å²) in [6, 6.07) is 4.41. The number of carbonyl (C=O) groups is 3. The number of amides is 3. The molecule has 0 aliphatic rings. The summed E-state index contributed by atoms with van der Waals surface area (Å²) in [4.78, 5) is 41.5. The largest absolute Gasteiger partial charge is 0.472 e. The standard InChI is InChI=1S/C24H20Cl2F6N6O4S/c1-11-7-13(25)8-14(20(39)34-12(2)10-43(3,42)37-22(41)24(30,31)32)18(11)35-21(40)16-9-17(23(27,28)29)36-38(16)19-15(26)5-4-6-33-19/h4-10,12H,1-3H3,(H,34,39)(H,35,40)(H,37,41,42). The number of pyridine rings is 1. The van der Waals surface area contributed by atoms with Crippen molar-refractivity contribution in [3.63, 3.8) is 0 Å². The summed E-state index contributed by atoms with van der Waals surface area (Å²) in [5.74, 6) is -4.87. The van der Waals surface area contributed by atoms with Crippen molar-refractivity contribution in [2.24, 2.45) is 0 Å². The van der Waals surface area contributed by atoms with E-state index in [0.717, 1.165) is 17.7 Å². The number of halogens is 8. The van der Waals surface area contributed by atoms with Crippen molar-refractivity contribution >= 4 is 61.7 Å². The zero-order chi connectivity index (χ0) is 32.5. The van der Waals surface area contributed by atoms with Crippen molar-refractivity contribution in [2.75, 3.05) is 11.6 Å². The van der Waals surface area contributed by atoms with Crippen molar-refractivity contribution < 1.29 is 44.9 Å². The highest BCUT2D eigenvalue weighted by Crippen LogP contribution is 2.32. The van der Waals surface area contributed by atoms with Crippen LogP contribution in [0.1, 0.15) is 39.0 Å². The minimum Gasteiger partial charge on any atom is -0.345 e. The molecule has 3 N–H and O–H groups in total. The average Bonchev–Trinajstić information content (AvgIpc) is 3.30. The van der Waals surface area contributed by atoms with E-state index in [9.17, 15) is 44.9 Å². The summed E-state index contributed by atoms with van der Waals surface area (Å²) in [7, 11) is -3.74. The zero-order valence-corrected chi connectivity index (χ0v) is 24.4. The fraction of sp³-hybridized carbons (Fsp3) is 0.250. The van der Waals surface area contributed by atoms with Crippen LogP contribution in [0.3, 0.4) is 0 Å². The second-order valence-electron chi connectivity index (χ2n) is 8.96. The van der Waals surface area contributed by atoms with Crippen LogP contribution >= 0.6 is 23.2 Å². The molecule has 232 valence electrons. The van der Waals surface area contributed by atoms with E-state index in [1.165, 1.54) is 43.0 Å². The predicted octanol–water partition coefficient (Wildman–Crippen LogP) is 4.58. The Morgan fingerprint density at radius 1 is 1.07 bits per heavy atom. The summed E-state index contributed by atoms with van der Waals surface area (Å²) >= 11 is 12.1. The Bertz CT molecular complexity index is 1720. The third-order valence-electron chi connectivity index (χ3n) is 5.33. The highest BCUT2D eigenvalue weighted by atomic mass is 35.5. The molecule has 0 fully saturated rings. The summed E-state index contributed by atoms with van der Waals surface area (Å²) < 4.78 is 92.6. The quantitative estimate of drug-likeness (QED) is 0.248. The molecule has 0 saturated heterocycles. The molecule has 2 unspecified atom stereocenters. The maximum atomic E-state index is 13.5. The van der Waals surface area contributed by atoms with E-state index in [2.05, 4.69) is 20.7 Å². The van der Waals surface area contributed by atoms with Gasteiger partial charge in [-0.1, -0.05) is 23.2 Å². The molecule has 0 radical (unpaired) electrons. The number of benzene rings is 1. The maximum Gasteiger partial charge on any atom is 0.472 e. The Hall–Kier alpha value is -3.83. The van der Waals surface area contributed by atoms with Crippen molar-refractivity contribution in [3.05, 3.63) is 69.1 Å². The molecule has 10 nitrogen and oxygen atoms in total. The number of rotatable bonds is 7. The molecule has 43 heavy (non-hydrogen) atoms. The predicted molar refractivity (Wildman–Crippen MR) is 147 cm³/mol. The van der Waals surface area contributed by atoms with Gasteiger partial charge in [-0.25, -0.2) is 13.9 Å². The van der Waals surface area contributed by atoms with Crippen molar-refractivity contribution in [1.82, 2.24) is 24.8 Å². The van der Waals surface area contributed by atoms with Gasteiger partial charge in [0.25, 0.3) is 11.8 Å². The first-order valence-electron chi connectivity index (χ1n) is 11.6. The molecule has 0 spiro atoms. The van der Waals surface area contributed by atoms with Crippen LogP contribution in [0.15, 0.2) is 36.5 Å².